The van der Waals surface area contributed by atoms with Crippen molar-refractivity contribution in [3.05, 3.63) is 29.4 Å². The molecule has 0 atom stereocenters. The molecule has 3 N–H and O–H groups in total. The van der Waals surface area contributed by atoms with Crippen LogP contribution in [0.2, 0.25) is 0 Å². The van der Waals surface area contributed by atoms with Gasteiger partial charge in [-0.1, -0.05) is 0 Å². The van der Waals surface area contributed by atoms with Gasteiger partial charge < -0.3 is 15.6 Å². The SMILES string of the molecule is Nc1cc(Br)nc(NCCCn2ccnc2)n1. The molecule has 2 rings (SSSR count). The summed E-state index contributed by atoms with van der Waals surface area (Å²) in [5, 5.41) is 3.12. The predicted molar refractivity (Wildman–Crippen MR) is 69.5 cm³/mol. The molecule has 7 heteroatoms. The summed E-state index contributed by atoms with van der Waals surface area (Å²) in [6, 6.07) is 1.66. The summed E-state index contributed by atoms with van der Waals surface area (Å²) in [5.74, 6) is 0.992. The second-order valence-electron chi connectivity index (χ2n) is 3.52. The first-order valence-electron chi connectivity index (χ1n) is 5.24. The molecule has 2 aromatic heterocycles. The molecule has 0 bridgehead atoms. The first kappa shape index (κ1) is 11.8. The predicted octanol–water partition coefficient (Wildman–Crippen LogP) is 1.52. The van der Waals surface area contributed by atoms with Crippen LogP contribution in [0.4, 0.5) is 11.8 Å². The molecule has 0 fully saturated rings. The summed E-state index contributed by atoms with van der Waals surface area (Å²) < 4.78 is 2.71. The van der Waals surface area contributed by atoms with E-state index in [9.17, 15) is 0 Å². The van der Waals surface area contributed by atoms with E-state index in [1.807, 2.05) is 10.8 Å². The van der Waals surface area contributed by atoms with Gasteiger partial charge in [-0.15, -0.1) is 0 Å². The normalized spacial score (nSPS) is 10.4. The summed E-state index contributed by atoms with van der Waals surface area (Å²) in [4.78, 5) is 12.2. The molecular weight excluding hydrogens is 284 g/mol. The third-order valence-electron chi connectivity index (χ3n) is 2.15. The molecule has 0 aliphatic carbocycles. The summed E-state index contributed by atoms with van der Waals surface area (Å²) in [6.07, 6.45) is 6.47. The van der Waals surface area contributed by atoms with Gasteiger partial charge in [0, 0.05) is 31.5 Å². The first-order chi connectivity index (χ1) is 8.24. The van der Waals surface area contributed by atoms with Crippen LogP contribution in [0.3, 0.4) is 0 Å². The molecule has 2 heterocycles. The number of nitrogens with zero attached hydrogens (tertiary/aromatic N) is 4. The van der Waals surface area contributed by atoms with Gasteiger partial charge in [-0.3, -0.25) is 0 Å². The van der Waals surface area contributed by atoms with Gasteiger partial charge in [-0.05, 0) is 22.4 Å². The average Bonchev–Trinajstić information content (AvgIpc) is 2.76. The molecule has 0 unspecified atom stereocenters. The van der Waals surface area contributed by atoms with Crippen molar-refractivity contribution in [3.8, 4) is 0 Å². The maximum absolute atomic E-state index is 5.61. The lowest BCUT2D eigenvalue weighted by atomic mass is 10.4. The van der Waals surface area contributed by atoms with E-state index >= 15 is 0 Å². The summed E-state index contributed by atoms with van der Waals surface area (Å²) in [7, 11) is 0. The third-order valence-corrected chi connectivity index (χ3v) is 2.56. The molecule has 90 valence electrons. The van der Waals surface area contributed by atoms with E-state index < -0.39 is 0 Å². The second kappa shape index (κ2) is 5.62. The largest absolute Gasteiger partial charge is 0.383 e. The molecule has 0 aliphatic heterocycles. The number of nitrogen functional groups attached to an aromatic ring is 1. The molecule has 0 aliphatic rings. The molecule has 0 aromatic carbocycles. The fraction of sp³-hybridized carbons (Fsp3) is 0.300. The van der Waals surface area contributed by atoms with Crippen LogP contribution in [0.15, 0.2) is 29.4 Å². The Morgan fingerprint density at radius 3 is 3.00 bits per heavy atom. The highest BCUT2D eigenvalue weighted by molar-refractivity contribution is 9.10. The summed E-state index contributed by atoms with van der Waals surface area (Å²) >= 11 is 3.27. The maximum Gasteiger partial charge on any atom is 0.225 e. The fourth-order valence-electron chi connectivity index (χ4n) is 1.39. The van der Waals surface area contributed by atoms with Crippen molar-refractivity contribution < 1.29 is 0 Å². The molecule has 17 heavy (non-hydrogen) atoms. The quantitative estimate of drug-likeness (QED) is 0.646. The first-order valence-corrected chi connectivity index (χ1v) is 6.03. The number of aryl methyl sites for hydroxylation is 1. The Kier molecular flexibility index (Phi) is 3.92. The van der Waals surface area contributed by atoms with E-state index in [4.69, 9.17) is 5.73 Å². The molecule has 6 nitrogen and oxygen atoms in total. The number of halogens is 1. The number of anilines is 2. The Balaban J connectivity index is 1.78. The molecular formula is C10H13BrN6. The summed E-state index contributed by atoms with van der Waals surface area (Å²) in [6.45, 7) is 1.70. The molecule has 0 spiro atoms. The zero-order valence-corrected chi connectivity index (χ0v) is 10.8. The fourth-order valence-corrected chi connectivity index (χ4v) is 1.80. The van der Waals surface area contributed by atoms with Crippen LogP contribution in [0, 0.1) is 0 Å². The van der Waals surface area contributed by atoms with Gasteiger partial charge in [0.15, 0.2) is 0 Å². The minimum Gasteiger partial charge on any atom is -0.383 e. The van der Waals surface area contributed by atoms with Crippen LogP contribution in [0.1, 0.15) is 6.42 Å². The van der Waals surface area contributed by atoms with Crippen molar-refractivity contribution in [1.82, 2.24) is 19.5 Å². The smallest absolute Gasteiger partial charge is 0.225 e. The lowest BCUT2D eigenvalue weighted by Gasteiger charge is -2.06. The summed E-state index contributed by atoms with van der Waals surface area (Å²) in [5.41, 5.74) is 5.61. The monoisotopic (exact) mass is 296 g/mol. The van der Waals surface area contributed by atoms with E-state index in [0.717, 1.165) is 19.5 Å². The van der Waals surface area contributed by atoms with Crippen molar-refractivity contribution in [2.45, 2.75) is 13.0 Å². The van der Waals surface area contributed by atoms with Crippen LogP contribution in [-0.4, -0.2) is 26.1 Å². The average molecular weight is 297 g/mol. The van der Waals surface area contributed by atoms with E-state index in [2.05, 4.69) is 36.2 Å². The Morgan fingerprint density at radius 1 is 1.41 bits per heavy atom. The van der Waals surface area contributed by atoms with Crippen LogP contribution in [-0.2, 0) is 6.54 Å². The number of imidazole rings is 1. The Labute approximate surface area is 107 Å². The van der Waals surface area contributed by atoms with Crippen LogP contribution in [0.5, 0.6) is 0 Å². The number of nitrogens with two attached hydrogens (primary N) is 1. The van der Waals surface area contributed by atoms with Crippen LogP contribution >= 0.6 is 15.9 Å². The Morgan fingerprint density at radius 2 is 2.29 bits per heavy atom. The van der Waals surface area contributed by atoms with Gasteiger partial charge in [0.05, 0.1) is 6.33 Å². The lowest BCUT2D eigenvalue weighted by Crippen LogP contribution is -2.09. The number of aromatic nitrogens is 4. The number of hydrogen-bond acceptors (Lipinski definition) is 5. The Bertz CT molecular complexity index is 449. The number of nitrogens with one attached hydrogen (secondary N) is 1. The highest BCUT2D eigenvalue weighted by Gasteiger charge is 1.99. The van der Waals surface area contributed by atoms with Crippen LogP contribution in [0.25, 0.3) is 0 Å². The van der Waals surface area contributed by atoms with Crippen molar-refractivity contribution in [2.75, 3.05) is 17.6 Å². The van der Waals surface area contributed by atoms with Gasteiger partial charge in [-0.25, -0.2) is 9.97 Å². The van der Waals surface area contributed by atoms with E-state index in [0.29, 0.717) is 16.4 Å². The van der Waals surface area contributed by atoms with Crippen LogP contribution < -0.4 is 11.1 Å². The zero-order valence-electron chi connectivity index (χ0n) is 9.17. The van der Waals surface area contributed by atoms with Crippen molar-refractivity contribution in [3.63, 3.8) is 0 Å². The zero-order chi connectivity index (χ0) is 12.1. The van der Waals surface area contributed by atoms with Crippen molar-refractivity contribution >= 4 is 27.7 Å². The van der Waals surface area contributed by atoms with E-state index in [-0.39, 0.29) is 0 Å². The van der Waals surface area contributed by atoms with Gasteiger partial charge in [0.25, 0.3) is 0 Å². The second-order valence-corrected chi connectivity index (χ2v) is 4.33. The van der Waals surface area contributed by atoms with Gasteiger partial charge in [0.1, 0.15) is 10.4 Å². The Hall–Kier alpha value is -1.63. The number of rotatable bonds is 5. The topological polar surface area (TPSA) is 81.6 Å². The molecule has 0 saturated carbocycles. The molecule has 0 saturated heterocycles. The maximum atomic E-state index is 5.61. The van der Waals surface area contributed by atoms with Crippen molar-refractivity contribution in [1.29, 1.82) is 0 Å². The standard InChI is InChI=1S/C10H13BrN6/c11-8-6-9(12)16-10(15-8)14-2-1-4-17-5-3-13-7-17/h3,5-7H,1-2,4H2,(H3,12,14,15,16). The van der Waals surface area contributed by atoms with Gasteiger partial charge in [-0.2, -0.15) is 4.98 Å². The van der Waals surface area contributed by atoms with Gasteiger partial charge in [0.2, 0.25) is 5.95 Å². The van der Waals surface area contributed by atoms with E-state index in [1.165, 1.54) is 0 Å². The van der Waals surface area contributed by atoms with Gasteiger partial charge >= 0.3 is 0 Å². The number of hydrogen-bond donors (Lipinski definition) is 2. The molecule has 2 aromatic rings. The van der Waals surface area contributed by atoms with E-state index in [1.54, 1.807) is 18.6 Å². The lowest BCUT2D eigenvalue weighted by molar-refractivity contribution is 0.659. The minimum absolute atomic E-state index is 0.448. The highest BCUT2D eigenvalue weighted by atomic mass is 79.9. The molecule has 0 amide bonds. The molecule has 0 radical (unpaired) electrons. The third kappa shape index (κ3) is 3.70. The minimum atomic E-state index is 0.448. The highest BCUT2D eigenvalue weighted by Crippen LogP contribution is 2.12. The van der Waals surface area contributed by atoms with Crippen molar-refractivity contribution in [2.24, 2.45) is 0 Å².